The van der Waals surface area contributed by atoms with Crippen LogP contribution in [0.3, 0.4) is 0 Å². The Kier molecular flexibility index (Phi) is 8.56. The molecule has 3 rings (SSSR count). The van der Waals surface area contributed by atoms with Crippen molar-refractivity contribution in [3.8, 4) is 0 Å². The van der Waals surface area contributed by atoms with Gasteiger partial charge in [0.1, 0.15) is 0 Å². The zero-order chi connectivity index (χ0) is 24.6. The van der Waals surface area contributed by atoms with Gasteiger partial charge in [0.25, 0.3) is 0 Å². The van der Waals surface area contributed by atoms with E-state index in [0.717, 1.165) is 11.1 Å². The van der Waals surface area contributed by atoms with E-state index in [4.69, 9.17) is 0 Å². The number of carbonyl (C=O) groups excluding carboxylic acids is 2. The topological polar surface area (TPSA) is 104 Å². The summed E-state index contributed by atoms with van der Waals surface area (Å²) in [4.78, 5) is 23.7. The van der Waals surface area contributed by atoms with Crippen LogP contribution in [0.5, 0.6) is 0 Å². The normalized spacial score (nSPS) is 12.2. The van der Waals surface area contributed by atoms with E-state index in [1.54, 1.807) is 0 Å². The monoisotopic (exact) mass is 479 g/mol. The van der Waals surface area contributed by atoms with Gasteiger partial charge in [-0.1, -0.05) is 60.7 Å². The van der Waals surface area contributed by atoms with Crippen molar-refractivity contribution < 1.29 is 18.0 Å². The standard InChI is InChI=1S/C26H29N3O4S/c1-19(29-34(32,33)24-15-13-23(14-16-24)28-20(2)30)26(31)27-18-17-25(21-9-5-3-6-10-21)22-11-7-4-8-12-22/h3-16,19,25,29H,17-18H2,1-2H3,(H,27,31)(H,28,30)/t19-/m0/s1. The molecule has 8 heteroatoms. The van der Waals surface area contributed by atoms with Gasteiger partial charge in [0, 0.05) is 25.1 Å². The third-order valence-electron chi connectivity index (χ3n) is 5.35. The predicted octanol–water partition coefficient (Wildman–Crippen LogP) is 3.65. The van der Waals surface area contributed by atoms with Gasteiger partial charge in [0.2, 0.25) is 21.8 Å². The maximum Gasteiger partial charge on any atom is 0.241 e. The first kappa shape index (κ1) is 25.1. The van der Waals surface area contributed by atoms with Gasteiger partial charge in [-0.2, -0.15) is 4.72 Å². The van der Waals surface area contributed by atoms with Crippen molar-refractivity contribution in [1.29, 1.82) is 0 Å². The lowest BCUT2D eigenvalue weighted by Gasteiger charge is -2.20. The molecule has 0 bridgehead atoms. The molecule has 0 aromatic heterocycles. The summed E-state index contributed by atoms with van der Waals surface area (Å²) in [6, 6.07) is 24.9. The van der Waals surface area contributed by atoms with Gasteiger partial charge in [-0.05, 0) is 48.7 Å². The Hall–Kier alpha value is -3.49. The Morgan fingerprint density at radius 1 is 0.824 bits per heavy atom. The van der Waals surface area contributed by atoms with Crippen molar-refractivity contribution in [1.82, 2.24) is 10.0 Å². The number of rotatable bonds is 10. The zero-order valence-electron chi connectivity index (χ0n) is 19.2. The van der Waals surface area contributed by atoms with Crippen LogP contribution in [0.4, 0.5) is 5.69 Å². The first-order valence-electron chi connectivity index (χ1n) is 11.0. The van der Waals surface area contributed by atoms with Gasteiger partial charge in [-0.25, -0.2) is 8.42 Å². The minimum atomic E-state index is -3.90. The smallest absolute Gasteiger partial charge is 0.241 e. The average molecular weight is 480 g/mol. The van der Waals surface area contributed by atoms with Gasteiger partial charge in [0.05, 0.1) is 10.9 Å². The molecule has 0 aliphatic rings. The minimum absolute atomic E-state index is 0.00877. The lowest BCUT2D eigenvalue weighted by atomic mass is 9.88. The summed E-state index contributed by atoms with van der Waals surface area (Å²) in [5, 5.41) is 5.42. The molecule has 0 heterocycles. The third-order valence-corrected chi connectivity index (χ3v) is 6.90. The van der Waals surface area contributed by atoms with Gasteiger partial charge in [-0.3, -0.25) is 9.59 Å². The minimum Gasteiger partial charge on any atom is -0.355 e. The molecule has 178 valence electrons. The van der Waals surface area contributed by atoms with Crippen LogP contribution in [-0.4, -0.2) is 32.8 Å². The molecule has 7 nitrogen and oxygen atoms in total. The Balaban J connectivity index is 1.59. The van der Waals surface area contributed by atoms with E-state index in [1.165, 1.54) is 38.1 Å². The fourth-order valence-electron chi connectivity index (χ4n) is 3.66. The molecule has 0 spiro atoms. The Bertz CT molecular complexity index is 1160. The van der Waals surface area contributed by atoms with Crippen molar-refractivity contribution in [2.24, 2.45) is 0 Å². The van der Waals surface area contributed by atoms with Gasteiger partial charge in [0.15, 0.2) is 0 Å². The van der Waals surface area contributed by atoms with Crippen LogP contribution in [0.25, 0.3) is 0 Å². The fourth-order valence-corrected chi connectivity index (χ4v) is 4.87. The summed E-state index contributed by atoms with van der Waals surface area (Å²) in [5.41, 5.74) is 2.79. The summed E-state index contributed by atoms with van der Waals surface area (Å²) >= 11 is 0. The third kappa shape index (κ3) is 7.00. The summed E-state index contributed by atoms with van der Waals surface area (Å²) in [6.45, 7) is 3.27. The number of anilines is 1. The SMILES string of the molecule is CC(=O)Nc1ccc(S(=O)(=O)N[C@@H](C)C(=O)NCCC(c2ccccc2)c2ccccc2)cc1. The van der Waals surface area contributed by atoms with Gasteiger partial charge < -0.3 is 10.6 Å². The Labute approximate surface area is 200 Å². The Morgan fingerprint density at radius 2 is 1.35 bits per heavy atom. The number of hydrogen-bond donors (Lipinski definition) is 3. The molecular weight excluding hydrogens is 450 g/mol. The first-order chi connectivity index (χ1) is 16.3. The van der Waals surface area contributed by atoms with Crippen LogP contribution in [-0.2, 0) is 19.6 Å². The van der Waals surface area contributed by atoms with Gasteiger partial charge >= 0.3 is 0 Å². The lowest BCUT2D eigenvalue weighted by molar-refractivity contribution is -0.122. The summed E-state index contributed by atoms with van der Waals surface area (Å²) < 4.78 is 27.7. The number of benzene rings is 3. The molecule has 2 amide bonds. The maximum atomic E-state index is 12.7. The largest absolute Gasteiger partial charge is 0.355 e. The predicted molar refractivity (Wildman–Crippen MR) is 133 cm³/mol. The van der Waals surface area contributed by atoms with E-state index in [2.05, 4.69) is 39.6 Å². The van der Waals surface area contributed by atoms with Crippen LogP contribution >= 0.6 is 0 Å². The van der Waals surface area contributed by atoms with Crippen LogP contribution in [0, 0.1) is 0 Å². The highest BCUT2D eigenvalue weighted by atomic mass is 32.2. The second-order valence-corrected chi connectivity index (χ2v) is 9.72. The van der Waals surface area contributed by atoms with Crippen molar-refractivity contribution in [2.45, 2.75) is 37.1 Å². The molecule has 34 heavy (non-hydrogen) atoms. The van der Waals surface area contributed by atoms with Crippen LogP contribution in [0.2, 0.25) is 0 Å². The molecular formula is C26H29N3O4S. The molecule has 0 saturated heterocycles. The molecule has 3 aromatic rings. The quantitative estimate of drug-likeness (QED) is 0.413. The molecule has 0 aliphatic heterocycles. The van der Waals surface area contributed by atoms with Crippen LogP contribution in [0.1, 0.15) is 37.3 Å². The van der Waals surface area contributed by atoms with Crippen molar-refractivity contribution in [3.63, 3.8) is 0 Å². The number of amides is 2. The number of hydrogen-bond acceptors (Lipinski definition) is 4. The van der Waals surface area contributed by atoms with E-state index in [9.17, 15) is 18.0 Å². The first-order valence-corrected chi connectivity index (χ1v) is 12.5. The van der Waals surface area contributed by atoms with E-state index >= 15 is 0 Å². The highest BCUT2D eigenvalue weighted by molar-refractivity contribution is 7.89. The summed E-state index contributed by atoms with van der Waals surface area (Å²) in [7, 11) is -3.90. The molecule has 0 aliphatic carbocycles. The molecule has 0 fully saturated rings. The zero-order valence-corrected chi connectivity index (χ0v) is 20.0. The highest BCUT2D eigenvalue weighted by Crippen LogP contribution is 2.27. The van der Waals surface area contributed by atoms with E-state index in [0.29, 0.717) is 18.7 Å². The summed E-state index contributed by atoms with van der Waals surface area (Å²) in [6.07, 6.45) is 0.670. The molecule has 0 saturated carbocycles. The Morgan fingerprint density at radius 3 is 1.85 bits per heavy atom. The fraction of sp³-hybridized carbons (Fsp3) is 0.231. The highest BCUT2D eigenvalue weighted by Gasteiger charge is 2.22. The molecule has 3 aromatic carbocycles. The van der Waals surface area contributed by atoms with E-state index in [-0.39, 0.29) is 16.7 Å². The maximum absolute atomic E-state index is 12.7. The number of carbonyl (C=O) groups is 2. The van der Waals surface area contributed by atoms with Crippen LogP contribution in [0.15, 0.2) is 89.8 Å². The average Bonchev–Trinajstić information content (AvgIpc) is 2.82. The second-order valence-electron chi connectivity index (χ2n) is 8.00. The molecule has 0 radical (unpaired) electrons. The van der Waals surface area contributed by atoms with Crippen molar-refractivity contribution in [3.05, 3.63) is 96.1 Å². The van der Waals surface area contributed by atoms with Gasteiger partial charge in [-0.15, -0.1) is 0 Å². The van der Waals surface area contributed by atoms with Crippen molar-refractivity contribution in [2.75, 3.05) is 11.9 Å². The van der Waals surface area contributed by atoms with E-state index < -0.39 is 22.0 Å². The van der Waals surface area contributed by atoms with E-state index in [1.807, 2.05) is 36.4 Å². The summed E-state index contributed by atoms with van der Waals surface area (Å²) in [5.74, 6) is -0.545. The second kappa shape index (κ2) is 11.6. The lowest BCUT2D eigenvalue weighted by Crippen LogP contribution is -2.45. The molecule has 3 N–H and O–H groups in total. The molecule has 0 unspecified atom stereocenters. The van der Waals surface area contributed by atoms with Crippen molar-refractivity contribution >= 4 is 27.5 Å². The molecule has 1 atom stereocenters. The number of nitrogens with one attached hydrogen (secondary N) is 3. The van der Waals surface area contributed by atoms with Crippen LogP contribution < -0.4 is 15.4 Å². The number of sulfonamides is 1.